The summed E-state index contributed by atoms with van der Waals surface area (Å²) in [6.07, 6.45) is 5.93. The molecule has 5 rings (SSSR count). The minimum atomic E-state index is -4.53. The number of anilines is 2. The summed E-state index contributed by atoms with van der Waals surface area (Å²) in [5.74, 6) is -2.97. The first kappa shape index (κ1) is 26.7. The van der Waals surface area contributed by atoms with Crippen molar-refractivity contribution in [2.75, 3.05) is 10.5 Å². The van der Waals surface area contributed by atoms with Crippen LogP contribution in [0.5, 0.6) is 0 Å². The van der Waals surface area contributed by atoms with Crippen molar-refractivity contribution in [1.82, 2.24) is 14.8 Å². The van der Waals surface area contributed by atoms with E-state index in [-0.39, 0.29) is 29.2 Å². The topological polar surface area (TPSA) is 129 Å². The molecule has 39 heavy (non-hydrogen) atoms. The molecule has 0 amide bonds. The molecule has 0 fully saturated rings. The van der Waals surface area contributed by atoms with Crippen molar-refractivity contribution >= 4 is 38.0 Å². The van der Waals surface area contributed by atoms with Gasteiger partial charge in [-0.3, -0.25) is 9.40 Å². The number of nitrogen functional groups attached to an aromatic ring is 1. The maximum Gasteiger partial charge on any atom is 0.264 e. The van der Waals surface area contributed by atoms with Crippen molar-refractivity contribution in [3.8, 4) is 11.3 Å². The molecule has 0 saturated carbocycles. The maximum absolute atomic E-state index is 15.5. The van der Waals surface area contributed by atoms with E-state index in [1.165, 1.54) is 12.1 Å². The van der Waals surface area contributed by atoms with E-state index in [1.807, 2.05) is 18.6 Å². The Morgan fingerprint density at radius 1 is 1.08 bits per heavy atom. The Balaban J connectivity index is 1.64. The summed E-state index contributed by atoms with van der Waals surface area (Å²) in [6.45, 7) is 3.80. The van der Waals surface area contributed by atoms with Crippen LogP contribution in [-0.4, -0.2) is 29.2 Å². The molecule has 1 unspecified atom stereocenters. The van der Waals surface area contributed by atoms with Crippen LogP contribution in [0.2, 0.25) is 0 Å². The first-order valence-corrected chi connectivity index (χ1v) is 13.8. The van der Waals surface area contributed by atoms with Gasteiger partial charge in [-0.05, 0) is 56.9 Å². The van der Waals surface area contributed by atoms with Crippen molar-refractivity contribution in [1.29, 1.82) is 0 Å². The third-order valence-corrected chi connectivity index (χ3v) is 8.12. The van der Waals surface area contributed by atoms with Gasteiger partial charge in [0.05, 0.1) is 16.6 Å². The minimum Gasteiger partial charge on any atom is -0.383 e. The summed E-state index contributed by atoms with van der Waals surface area (Å²) in [5.41, 5.74) is 13.9. The quantitative estimate of drug-likeness (QED) is 0.293. The van der Waals surface area contributed by atoms with Gasteiger partial charge in [0.1, 0.15) is 33.9 Å². The summed E-state index contributed by atoms with van der Waals surface area (Å²) in [4.78, 5) is 3.63. The zero-order chi connectivity index (χ0) is 28.1. The molecule has 1 aliphatic carbocycles. The van der Waals surface area contributed by atoms with Crippen LogP contribution in [0.15, 0.2) is 53.6 Å². The molecule has 8 nitrogen and oxygen atoms in total. The summed E-state index contributed by atoms with van der Waals surface area (Å²) >= 11 is 0. The van der Waals surface area contributed by atoms with Crippen LogP contribution in [0.3, 0.4) is 0 Å². The average molecular weight is 557 g/mol. The van der Waals surface area contributed by atoms with E-state index in [0.717, 1.165) is 42.2 Å². The maximum atomic E-state index is 15.5. The van der Waals surface area contributed by atoms with Gasteiger partial charge in [-0.1, -0.05) is 18.2 Å². The highest BCUT2D eigenvalue weighted by atomic mass is 32.2. The van der Waals surface area contributed by atoms with Crippen LogP contribution in [-0.2, 0) is 10.0 Å². The van der Waals surface area contributed by atoms with E-state index >= 15 is 8.78 Å². The number of pyridine rings is 1. The molecule has 2 aromatic carbocycles. The Morgan fingerprint density at radius 3 is 2.49 bits per heavy atom. The normalized spacial score (nSPS) is 16.1. The number of rotatable bonds is 6. The summed E-state index contributed by atoms with van der Waals surface area (Å²) in [6, 6.07) is 6.06. The number of halogens is 3. The number of allylic oxidation sites excluding steroid dienone is 1. The van der Waals surface area contributed by atoms with E-state index in [2.05, 4.69) is 16.2 Å². The number of aromatic nitrogens is 3. The molecular weight excluding hydrogens is 529 g/mol. The lowest BCUT2D eigenvalue weighted by atomic mass is 9.90. The number of fused-ring (bicyclic) bond motifs is 1. The number of sulfonamides is 1. The fourth-order valence-electron chi connectivity index (χ4n) is 4.76. The molecule has 0 bridgehead atoms. The monoisotopic (exact) mass is 556 g/mol. The SMILES string of the molecule is CC(C)n1nc(-c2cc(F)c(NS(=O)(=O)c3ccccc3F)cc2F)c2c(N)ncc(C3=CCC(N)CC3)c21. The van der Waals surface area contributed by atoms with E-state index < -0.39 is 38.1 Å². The second-order valence-electron chi connectivity index (χ2n) is 9.78. The van der Waals surface area contributed by atoms with Crippen molar-refractivity contribution in [3.63, 3.8) is 0 Å². The van der Waals surface area contributed by atoms with Crippen LogP contribution in [0, 0.1) is 17.5 Å². The molecule has 0 radical (unpaired) electrons. The first-order valence-electron chi connectivity index (χ1n) is 12.4. The molecule has 0 aliphatic heterocycles. The van der Waals surface area contributed by atoms with Gasteiger partial charge in [-0.15, -0.1) is 0 Å². The number of nitrogens with zero attached hydrogens (tertiary/aromatic N) is 3. The van der Waals surface area contributed by atoms with Gasteiger partial charge in [0.15, 0.2) is 0 Å². The number of benzene rings is 2. The molecular formula is C27H27F3N6O2S. The Labute approximate surface area is 223 Å². The van der Waals surface area contributed by atoms with Gasteiger partial charge >= 0.3 is 0 Å². The summed E-state index contributed by atoms with van der Waals surface area (Å²) in [5, 5.41) is 4.96. The van der Waals surface area contributed by atoms with E-state index in [9.17, 15) is 12.8 Å². The lowest BCUT2D eigenvalue weighted by molar-refractivity contribution is 0.550. The van der Waals surface area contributed by atoms with Crippen molar-refractivity contribution < 1.29 is 21.6 Å². The van der Waals surface area contributed by atoms with Crippen LogP contribution >= 0.6 is 0 Å². The summed E-state index contributed by atoms with van der Waals surface area (Å²) in [7, 11) is -4.53. The van der Waals surface area contributed by atoms with Gasteiger partial charge in [-0.25, -0.2) is 26.6 Å². The third kappa shape index (κ3) is 4.85. The van der Waals surface area contributed by atoms with Crippen LogP contribution in [0.25, 0.3) is 27.7 Å². The van der Waals surface area contributed by atoms with Gasteiger partial charge < -0.3 is 11.5 Å². The molecule has 0 spiro atoms. The third-order valence-electron chi connectivity index (χ3n) is 6.72. The lowest BCUT2D eigenvalue weighted by Gasteiger charge is -2.20. The van der Waals surface area contributed by atoms with Gasteiger partial charge in [-0.2, -0.15) is 5.10 Å². The standard InChI is InChI=1S/C27H27F3N6O2S/c1-14(2)36-26-18(15-7-9-16(31)10-8-15)13-33-27(32)24(26)25(34-36)17-11-21(30)22(12-20(17)29)35-39(37,38)23-6-4-3-5-19(23)28/h3-7,11-14,16,35H,8-10,31H2,1-2H3,(H2,32,33). The second-order valence-corrected chi connectivity index (χ2v) is 11.4. The molecule has 12 heteroatoms. The van der Waals surface area contributed by atoms with E-state index in [0.29, 0.717) is 23.4 Å². The summed E-state index contributed by atoms with van der Waals surface area (Å²) < 4.78 is 73.8. The smallest absolute Gasteiger partial charge is 0.264 e. The average Bonchev–Trinajstić information content (AvgIpc) is 3.29. The Hall–Kier alpha value is -3.90. The Morgan fingerprint density at radius 2 is 1.82 bits per heavy atom. The van der Waals surface area contributed by atoms with Crippen LogP contribution in [0.1, 0.15) is 44.7 Å². The first-order chi connectivity index (χ1) is 18.5. The van der Waals surface area contributed by atoms with E-state index in [1.54, 1.807) is 10.9 Å². The molecule has 1 atom stereocenters. The number of nitrogens with two attached hydrogens (primary N) is 2. The molecule has 4 aromatic rings. The lowest BCUT2D eigenvalue weighted by Crippen LogP contribution is -2.21. The highest BCUT2D eigenvalue weighted by Crippen LogP contribution is 2.40. The predicted octanol–water partition coefficient (Wildman–Crippen LogP) is 5.37. The van der Waals surface area contributed by atoms with Crippen molar-refractivity contribution in [2.24, 2.45) is 5.73 Å². The molecule has 2 heterocycles. The molecule has 5 N–H and O–H groups in total. The predicted molar refractivity (Wildman–Crippen MR) is 145 cm³/mol. The zero-order valence-electron chi connectivity index (χ0n) is 21.2. The number of hydrogen-bond acceptors (Lipinski definition) is 6. The number of hydrogen-bond donors (Lipinski definition) is 3. The molecule has 0 saturated heterocycles. The fourth-order valence-corrected chi connectivity index (χ4v) is 5.90. The molecule has 1 aliphatic rings. The van der Waals surface area contributed by atoms with Gasteiger partial charge in [0.2, 0.25) is 0 Å². The second kappa shape index (κ2) is 10.0. The highest BCUT2D eigenvalue weighted by molar-refractivity contribution is 7.92. The Bertz CT molecular complexity index is 1730. The highest BCUT2D eigenvalue weighted by Gasteiger charge is 2.27. The van der Waals surface area contributed by atoms with Crippen LogP contribution < -0.4 is 16.2 Å². The van der Waals surface area contributed by atoms with Crippen molar-refractivity contribution in [3.05, 3.63) is 71.7 Å². The Kier molecular flexibility index (Phi) is 6.85. The van der Waals surface area contributed by atoms with Gasteiger partial charge in [0.25, 0.3) is 10.0 Å². The fraction of sp³-hybridized carbons (Fsp3) is 0.259. The van der Waals surface area contributed by atoms with E-state index in [4.69, 9.17) is 11.5 Å². The molecule has 204 valence electrons. The number of nitrogens with one attached hydrogen (secondary N) is 1. The van der Waals surface area contributed by atoms with Crippen LogP contribution in [0.4, 0.5) is 24.7 Å². The zero-order valence-corrected chi connectivity index (χ0v) is 22.1. The van der Waals surface area contributed by atoms with Gasteiger partial charge in [0, 0.05) is 35.5 Å². The largest absolute Gasteiger partial charge is 0.383 e. The molecule has 2 aromatic heterocycles. The minimum absolute atomic E-state index is 0.0681. The van der Waals surface area contributed by atoms with Crippen molar-refractivity contribution in [2.45, 2.75) is 50.1 Å².